The summed E-state index contributed by atoms with van der Waals surface area (Å²) in [5, 5.41) is 7.08. The molecule has 3 aromatic rings. The number of nitrogens with zero attached hydrogens (tertiary/aromatic N) is 2. The van der Waals surface area contributed by atoms with Crippen molar-refractivity contribution in [3.05, 3.63) is 78.5 Å². The Morgan fingerprint density at radius 2 is 2.14 bits per heavy atom. The third-order valence-corrected chi connectivity index (χ3v) is 3.14. The largest absolute Gasteiger partial charge is 0.465 e. The van der Waals surface area contributed by atoms with Crippen LogP contribution in [0.25, 0.3) is 11.8 Å². The van der Waals surface area contributed by atoms with Gasteiger partial charge in [-0.2, -0.15) is 5.10 Å². The first-order valence-corrected chi connectivity index (χ1v) is 6.90. The summed E-state index contributed by atoms with van der Waals surface area (Å²) in [6, 6.07) is 13.2. The van der Waals surface area contributed by atoms with Crippen LogP contribution in [0.15, 0.2) is 71.6 Å². The molecule has 0 radical (unpaired) electrons. The van der Waals surface area contributed by atoms with E-state index in [9.17, 15) is 4.79 Å². The molecule has 0 unspecified atom stereocenters. The summed E-state index contributed by atoms with van der Waals surface area (Å²) in [7, 11) is 0. The molecule has 5 heteroatoms. The first kappa shape index (κ1) is 13.9. The molecule has 0 atom stereocenters. The van der Waals surface area contributed by atoms with Crippen molar-refractivity contribution in [3.63, 3.8) is 0 Å². The van der Waals surface area contributed by atoms with E-state index in [4.69, 9.17) is 4.42 Å². The Bertz CT molecular complexity index is 759. The Morgan fingerprint density at radius 1 is 1.23 bits per heavy atom. The number of hydrogen-bond acceptors (Lipinski definition) is 3. The lowest BCUT2D eigenvalue weighted by Crippen LogP contribution is -2.21. The van der Waals surface area contributed by atoms with Gasteiger partial charge in [-0.1, -0.05) is 18.2 Å². The number of carbonyl (C=O) groups is 1. The van der Waals surface area contributed by atoms with Crippen LogP contribution in [0.4, 0.5) is 0 Å². The van der Waals surface area contributed by atoms with Crippen LogP contribution in [0.1, 0.15) is 11.3 Å². The van der Waals surface area contributed by atoms with Crippen molar-refractivity contribution in [1.29, 1.82) is 0 Å². The van der Waals surface area contributed by atoms with Crippen molar-refractivity contribution in [2.45, 2.75) is 6.54 Å². The molecule has 22 heavy (non-hydrogen) atoms. The number of rotatable bonds is 5. The highest BCUT2D eigenvalue weighted by molar-refractivity contribution is 5.91. The molecule has 110 valence electrons. The Balaban J connectivity index is 1.66. The van der Waals surface area contributed by atoms with Crippen LogP contribution in [-0.4, -0.2) is 15.7 Å². The molecule has 3 rings (SSSR count). The maximum absolute atomic E-state index is 11.8. The van der Waals surface area contributed by atoms with Gasteiger partial charge in [-0.05, 0) is 35.9 Å². The van der Waals surface area contributed by atoms with E-state index in [0.717, 1.165) is 11.3 Å². The molecule has 0 fully saturated rings. The minimum atomic E-state index is -0.174. The van der Waals surface area contributed by atoms with Gasteiger partial charge in [0.1, 0.15) is 5.76 Å². The summed E-state index contributed by atoms with van der Waals surface area (Å²) in [6.45, 7) is 0.428. The quantitative estimate of drug-likeness (QED) is 0.736. The molecule has 0 aliphatic carbocycles. The number of furan rings is 1. The lowest BCUT2D eigenvalue weighted by atomic mass is 10.2. The fourth-order valence-corrected chi connectivity index (χ4v) is 2.08. The summed E-state index contributed by atoms with van der Waals surface area (Å²) < 4.78 is 6.91. The third kappa shape index (κ3) is 3.32. The first-order valence-electron chi connectivity index (χ1n) is 6.90. The van der Waals surface area contributed by atoms with Gasteiger partial charge in [0.05, 0.1) is 12.0 Å². The highest BCUT2D eigenvalue weighted by atomic mass is 16.3. The summed E-state index contributed by atoms with van der Waals surface area (Å²) in [6.07, 6.45) is 8.25. The van der Waals surface area contributed by atoms with E-state index in [1.54, 1.807) is 35.4 Å². The average molecular weight is 293 g/mol. The lowest BCUT2D eigenvalue weighted by molar-refractivity contribution is -0.116. The topological polar surface area (TPSA) is 60.1 Å². The second-order valence-electron chi connectivity index (χ2n) is 4.65. The van der Waals surface area contributed by atoms with Gasteiger partial charge in [0.15, 0.2) is 0 Å². The van der Waals surface area contributed by atoms with E-state index in [2.05, 4.69) is 10.4 Å². The number of benzene rings is 1. The van der Waals surface area contributed by atoms with Gasteiger partial charge >= 0.3 is 0 Å². The van der Waals surface area contributed by atoms with Crippen LogP contribution in [0.3, 0.4) is 0 Å². The molecule has 2 aromatic heterocycles. The zero-order valence-electron chi connectivity index (χ0n) is 11.8. The van der Waals surface area contributed by atoms with E-state index in [1.165, 1.54) is 6.08 Å². The highest BCUT2D eigenvalue weighted by Crippen LogP contribution is 2.13. The van der Waals surface area contributed by atoms with Gasteiger partial charge < -0.3 is 9.73 Å². The number of aromatic nitrogens is 2. The summed E-state index contributed by atoms with van der Waals surface area (Å²) in [4.78, 5) is 11.8. The van der Waals surface area contributed by atoms with Crippen LogP contribution in [-0.2, 0) is 11.3 Å². The van der Waals surface area contributed by atoms with E-state index in [1.807, 2.05) is 36.5 Å². The minimum Gasteiger partial charge on any atom is -0.465 e. The fraction of sp³-hybridized carbons (Fsp3) is 0.0588. The van der Waals surface area contributed by atoms with Crippen molar-refractivity contribution in [2.24, 2.45) is 0 Å². The van der Waals surface area contributed by atoms with Gasteiger partial charge in [0, 0.05) is 25.0 Å². The monoisotopic (exact) mass is 293 g/mol. The van der Waals surface area contributed by atoms with Crippen LogP contribution in [0, 0.1) is 0 Å². The zero-order valence-corrected chi connectivity index (χ0v) is 11.8. The van der Waals surface area contributed by atoms with Crippen LogP contribution < -0.4 is 5.32 Å². The Kier molecular flexibility index (Phi) is 4.15. The molecule has 0 saturated carbocycles. The summed E-state index contributed by atoms with van der Waals surface area (Å²) >= 11 is 0. The number of carbonyl (C=O) groups excluding carboxylic acids is 1. The normalized spacial score (nSPS) is 10.9. The van der Waals surface area contributed by atoms with Gasteiger partial charge in [-0.3, -0.25) is 4.79 Å². The number of para-hydroxylation sites is 1. The smallest absolute Gasteiger partial charge is 0.244 e. The lowest BCUT2D eigenvalue weighted by Gasteiger charge is -2.09. The van der Waals surface area contributed by atoms with Crippen molar-refractivity contribution in [2.75, 3.05) is 0 Å². The molecule has 1 aromatic carbocycles. The molecule has 2 heterocycles. The van der Waals surface area contributed by atoms with Crippen molar-refractivity contribution < 1.29 is 9.21 Å². The van der Waals surface area contributed by atoms with Crippen molar-refractivity contribution in [1.82, 2.24) is 15.1 Å². The van der Waals surface area contributed by atoms with E-state index in [0.29, 0.717) is 12.3 Å². The van der Waals surface area contributed by atoms with E-state index < -0.39 is 0 Å². The molecular weight excluding hydrogens is 278 g/mol. The number of nitrogens with one attached hydrogen (secondary N) is 1. The maximum Gasteiger partial charge on any atom is 0.244 e. The van der Waals surface area contributed by atoms with Gasteiger partial charge in [0.2, 0.25) is 5.91 Å². The van der Waals surface area contributed by atoms with Gasteiger partial charge in [-0.15, -0.1) is 0 Å². The SMILES string of the molecule is O=C(/C=C\c1ccco1)NCc1ccccc1-n1cccn1. The van der Waals surface area contributed by atoms with Crippen molar-refractivity contribution in [3.8, 4) is 5.69 Å². The molecular formula is C17H15N3O2. The maximum atomic E-state index is 11.8. The predicted molar refractivity (Wildman–Crippen MR) is 83.2 cm³/mol. The molecule has 1 N–H and O–H groups in total. The Labute approximate surface area is 127 Å². The van der Waals surface area contributed by atoms with Crippen molar-refractivity contribution >= 4 is 12.0 Å². The second-order valence-corrected chi connectivity index (χ2v) is 4.65. The molecule has 0 saturated heterocycles. The van der Waals surface area contributed by atoms with E-state index in [-0.39, 0.29) is 5.91 Å². The molecule has 0 bridgehead atoms. The van der Waals surface area contributed by atoms with Gasteiger partial charge in [0.25, 0.3) is 0 Å². The first-order chi connectivity index (χ1) is 10.8. The fourth-order valence-electron chi connectivity index (χ4n) is 2.08. The minimum absolute atomic E-state index is 0.174. The number of hydrogen-bond donors (Lipinski definition) is 1. The standard InChI is InChI=1S/C17H15N3O2/c21-17(9-8-15-6-3-12-22-15)18-13-14-5-1-2-7-16(14)20-11-4-10-19-20/h1-12H,13H2,(H,18,21)/b9-8-. The summed E-state index contributed by atoms with van der Waals surface area (Å²) in [5.74, 6) is 0.471. The summed E-state index contributed by atoms with van der Waals surface area (Å²) in [5.41, 5.74) is 1.94. The van der Waals surface area contributed by atoms with Crippen LogP contribution in [0.2, 0.25) is 0 Å². The second kappa shape index (κ2) is 6.58. The molecule has 0 aliphatic rings. The zero-order chi connectivity index (χ0) is 15.2. The third-order valence-electron chi connectivity index (χ3n) is 3.14. The molecule has 5 nitrogen and oxygen atoms in total. The van der Waals surface area contributed by atoms with E-state index >= 15 is 0 Å². The van der Waals surface area contributed by atoms with Crippen LogP contribution in [0.5, 0.6) is 0 Å². The predicted octanol–water partition coefficient (Wildman–Crippen LogP) is 2.79. The average Bonchev–Trinajstić information content (AvgIpc) is 3.24. The Morgan fingerprint density at radius 3 is 2.91 bits per heavy atom. The Hall–Kier alpha value is -3.08. The molecule has 0 aliphatic heterocycles. The van der Waals surface area contributed by atoms with Gasteiger partial charge in [-0.25, -0.2) is 4.68 Å². The van der Waals surface area contributed by atoms with Crippen LogP contribution >= 0.6 is 0 Å². The number of amides is 1. The molecule has 1 amide bonds. The molecule has 0 spiro atoms. The highest BCUT2D eigenvalue weighted by Gasteiger charge is 2.05.